The molecule has 0 aromatic carbocycles. The molecule has 16 heavy (non-hydrogen) atoms. The third kappa shape index (κ3) is 2.57. The minimum atomic E-state index is -0.153. The van der Waals surface area contributed by atoms with E-state index in [1.165, 1.54) is 25.7 Å². The second kappa shape index (κ2) is 4.74. The van der Waals surface area contributed by atoms with E-state index in [1.54, 1.807) is 0 Å². The van der Waals surface area contributed by atoms with Crippen molar-refractivity contribution >= 4 is 5.91 Å². The summed E-state index contributed by atoms with van der Waals surface area (Å²) in [6.45, 7) is 4.15. The summed E-state index contributed by atoms with van der Waals surface area (Å²) in [6, 6.07) is 0. The Morgan fingerprint density at radius 1 is 1.50 bits per heavy atom. The Balaban J connectivity index is 1.78. The van der Waals surface area contributed by atoms with Gasteiger partial charge in [0.05, 0.1) is 0 Å². The maximum Gasteiger partial charge on any atom is 0.224 e. The lowest BCUT2D eigenvalue weighted by Crippen LogP contribution is -2.50. The van der Waals surface area contributed by atoms with Crippen molar-refractivity contribution in [1.82, 2.24) is 4.90 Å². The van der Waals surface area contributed by atoms with Gasteiger partial charge in [0.25, 0.3) is 0 Å². The van der Waals surface area contributed by atoms with Crippen molar-refractivity contribution < 1.29 is 4.79 Å². The second-order valence-corrected chi connectivity index (χ2v) is 5.68. The first kappa shape index (κ1) is 11.9. The zero-order chi connectivity index (χ0) is 11.6. The molecule has 0 aromatic heterocycles. The Labute approximate surface area is 98.4 Å². The predicted octanol–water partition coefficient (Wildman–Crippen LogP) is 1.91. The van der Waals surface area contributed by atoms with Crippen LogP contribution in [0.25, 0.3) is 0 Å². The van der Waals surface area contributed by atoms with Gasteiger partial charge >= 0.3 is 0 Å². The topological polar surface area (TPSA) is 46.3 Å². The molecule has 92 valence electrons. The van der Waals surface area contributed by atoms with Crippen molar-refractivity contribution in [3.05, 3.63) is 0 Å². The molecule has 1 heterocycles. The summed E-state index contributed by atoms with van der Waals surface area (Å²) in [4.78, 5) is 14.1. The minimum absolute atomic E-state index is 0.153. The monoisotopic (exact) mass is 224 g/mol. The lowest BCUT2D eigenvalue weighted by atomic mass is 9.75. The SMILES string of the molecule is CCCC1CCN(C(=O)CC2(N)CCC2)C1. The summed E-state index contributed by atoms with van der Waals surface area (Å²) in [7, 11) is 0. The third-order valence-corrected chi connectivity index (χ3v) is 4.19. The fraction of sp³-hybridized carbons (Fsp3) is 0.923. The van der Waals surface area contributed by atoms with Crippen LogP contribution in [0.4, 0.5) is 0 Å². The molecule has 0 spiro atoms. The maximum atomic E-state index is 12.0. The highest BCUT2D eigenvalue weighted by atomic mass is 16.2. The van der Waals surface area contributed by atoms with Gasteiger partial charge in [0.15, 0.2) is 0 Å². The van der Waals surface area contributed by atoms with E-state index >= 15 is 0 Å². The van der Waals surface area contributed by atoms with Crippen molar-refractivity contribution in [3.8, 4) is 0 Å². The first-order valence-corrected chi connectivity index (χ1v) is 6.69. The smallest absolute Gasteiger partial charge is 0.224 e. The zero-order valence-electron chi connectivity index (χ0n) is 10.4. The van der Waals surface area contributed by atoms with Gasteiger partial charge in [-0.3, -0.25) is 4.79 Å². The highest BCUT2D eigenvalue weighted by Gasteiger charge is 2.37. The number of likely N-dealkylation sites (tertiary alicyclic amines) is 1. The molecule has 1 atom stereocenters. The van der Waals surface area contributed by atoms with Crippen molar-refractivity contribution in [2.24, 2.45) is 11.7 Å². The van der Waals surface area contributed by atoms with E-state index in [-0.39, 0.29) is 5.54 Å². The minimum Gasteiger partial charge on any atom is -0.342 e. The Morgan fingerprint density at radius 2 is 2.25 bits per heavy atom. The highest BCUT2D eigenvalue weighted by Crippen LogP contribution is 2.33. The highest BCUT2D eigenvalue weighted by molar-refractivity contribution is 5.77. The largest absolute Gasteiger partial charge is 0.342 e. The Bertz CT molecular complexity index is 261. The number of rotatable bonds is 4. The van der Waals surface area contributed by atoms with E-state index in [2.05, 4.69) is 6.92 Å². The summed E-state index contributed by atoms with van der Waals surface area (Å²) in [5, 5.41) is 0. The van der Waals surface area contributed by atoms with E-state index in [1.807, 2.05) is 4.90 Å². The molecule has 0 aromatic rings. The predicted molar refractivity (Wildman–Crippen MR) is 65.0 cm³/mol. The van der Waals surface area contributed by atoms with Crippen LogP contribution in [0, 0.1) is 5.92 Å². The van der Waals surface area contributed by atoms with Gasteiger partial charge in [-0.2, -0.15) is 0 Å². The number of nitrogens with two attached hydrogens (primary N) is 1. The summed E-state index contributed by atoms with van der Waals surface area (Å²) in [5.41, 5.74) is 5.96. The van der Waals surface area contributed by atoms with E-state index < -0.39 is 0 Å². The first-order valence-electron chi connectivity index (χ1n) is 6.69. The van der Waals surface area contributed by atoms with Gasteiger partial charge in [-0.1, -0.05) is 13.3 Å². The number of amides is 1. The molecule has 1 aliphatic heterocycles. The molecule has 2 fully saturated rings. The van der Waals surface area contributed by atoms with Crippen LogP contribution < -0.4 is 5.73 Å². The van der Waals surface area contributed by atoms with Gasteiger partial charge < -0.3 is 10.6 Å². The number of hydrogen-bond donors (Lipinski definition) is 1. The van der Waals surface area contributed by atoms with Gasteiger partial charge in [0.1, 0.15) is 0 Å². The lowest BCUT2D eigenvalue weighted by molar-refractivity contribution is -0.132. The van der Waals surface area contributed by atoms with Gasteiger partial charge in [0, 0.05) is 25.0 Å². The van der Waals surface area contributed by atoms with Crippen LogP contribution in [0.1, 0.15) is 51.9 Å². The van der Waals surface area contributed by atoms with Crippen molar-refractivity contribution in [3.63, 3.8) is 0 Å². The molecule has 2 N–H and O–H groups in total. The first-order chi connectivity index (χ1) is 7.63. The normalized spacial score (nSPS) is 27.9. The average Bonchev–Trinajstić information content (AvgIpc) is 2.64. The van der Waals surface area contributed by atoms with Gasteiger partial charge in [-0.15, -0.1) is 0 Å². The summed E-state index contributed by atoms with van der Waals surface area (Å²) < 4.78 is 0. The second-order valence-electron chi connectivity index (χ2n) is 5.68. The number of carbonyl (C=O) groups is 1. The molecule has 2 aliphatic rings. The molecule has 3 heteroatoms. The maximum absolute atomic E-state index is 12.0. The molecule has 1 amide bonds. The van der Waals surface area contributed by atoms with Crippen LogP contribution >= 0.6 is 0 Å². The molecule has 1 saturated carbocycles. The van der Waals surface area contributed by atoms with Crippen molar-refractivity contribution in [1.29, 1.82) is 0 Å². The van der Waals surface area contributed by atoms with Crippen molar-refractivity contribution in [2.75, 3.05) is 13.1 Å². The van der Waals surface area contributed by atoms with E-state index in [4.69, 9.17) is 5.73 Å². The fourth-order valence-corrected chi connectivity index (χ4v) is 2.92. The zero-order valence-corrected chi connectivity index (χ0v) is 10.4. The number of nitrogens with zero attached hydrogens (tertiary/aromatic N) is 1. The average molecular weight is 224 g/mol. The van der Waals surface area contributed by atoms with Crippen LogP contribution in [-0.2, 0) is 4.79 Å². The Hall–Kier alpha value is -0.570. The van der Waals surface area contributed by atoms with Crippen LogP contribution in [-0.4, -0.2) is 29.4 Å². The van der Waals surface area contributed by atoms with E-state index in [0.29, 0.717) is 12.3 Å². The molecule has 0 bridgehead atoms. The summed E-state index contributed by atoms with van der Waals surface area (Å²) in [5.74, 6) is 1.03. The van der Waals surface area contributed by atoms with E-state index in [0.717, 1.165) is 31.8 Å². The van der Waals surface area contributed by atoms with Gasteiger partial charge in [-0.25, -0.2) is 0 Å². The van der Waals surface area contributed by atoms with Gasteiger partial charge in [0.2, 0.25) is 5.91 Å². The van der Waals surface area contributed by atoms with E-state index in [9.17, 15) is 4.79 Å². The molecule has 3 nitrogen and oxygen atoms in total. The molecule has 1 aliphatic carbocycles. The number of hydrogen-bond acceptors (Lipinski definition) is 2. The Kier molecular flexibility index (Phi) is 3.53. The van der Waals surface area contributed by atoms with Crippen LogP contribution in [0.15, 0.2) is 0 Å². The molecule has 0 radical (unpaired) electrons. The molecule has 2 rings (SSSR count). The standard InChI is InChI=1S/C13H24N2O/c1-2-4-11-5-8-15(10-11)12(16)9-13(14)6-3-7-13/h11H,2-10,14H2,1H3. The Morgan fingerprint density at radius 3 is 2.81 bits per heavy atom. The van der Waals surface area contributed by atoms with Crippen LogP contribution in [0.2, 0.25) is 0 Å². The lowest BCUT2D eigenvalue weighted by Gasteiger charge is -2.38. The van der Waals surface area contributed by atoms with Crippen LogP contribution in [0.5, 0.6) is 0 Å². The molecule has 1 unspecified atom stereocenters. The van der Waals surface area contributed by atoms with Crippen LogP contribution in [0.3, 0.4) is 0 Å². The summed E-state index contributed by atoms with van der Waals surface area (Å²) in [6.07, 6.45) is 7.52. The quantitative estimate of drug-likeness (QED) is 0.793. The molecule has 1 saturated heterocycles. The number of carbonyl (C=O) groups excluding carboxylic acids is 1. The van der Waals surface area contributed by atoms with Gasteiger partial charge in [-0.05, 0) is 38.0 Å². The fourth-order valence-electron chi connectivity index (χ4n) is 2.92. The summed E-state index contributed by atoms with van der Waals surface area (Å²) >= 11 is 0. The third-order valence-electron chi connectivity index (χ3n) is 4.19. The van der Waals surface area contributed by atoms with Crippen molar-refractivity contribution in [2.45, 2.75) is 57.4 Å². The molecular weight excluding hydrogens is 200 g/mol. The molecular formula is C13H24N2O.